The van der Waals surface area contributed by atoms with Gasteiger partial charge in [-0.25, -0.2) is 4.79 Å². The van der Waals surface area contributed by atoms with Crippen LogP contribution in [0.1, 0.15) is 33.1 Å². The van der Waals surface area contributed by atoms with Crippen molar-refractivity contribution in [2.45, 2.75) is 33.1 Å². The molecule has 1 unspecified atom stereocenters. The summed E-state index contributed by atoms with van der Waals surface area (Å²) >= 11 is 0. The Balaban J connectivity index is 2.94. The van der Waals surface area contributed by atoms with Gasteiger partial charge in [0, 0.05) is 6.42 Å². The molecular weight excluding hydrogens is 216 g/mol. The number of carbonyl (C=O) groups is 2. The average Bonchev–Trinajstić information content (AvgIpc) is 2.28. The van der Waals surface area contributed by atoms with Gasteiger partial charge in [-0.1, -0.05) is 26.0 Å². The van der Waals surface area contributed by atoms with E-state index in [1.807, 2.05) is 6.08 Å². The third-order valence-electron chi connectivity index (χ3n) is 3.43. The molecule has 0 aromatic rings. The Bertz CT molecular complexity index is 364. The quantitative estimate of drug-likeness (QED) is 0.428. The molecule has 0 heterocycles. The lowest BCUT2D eigenvalue weighted by molar-refractivity contribution is -0.138. The molecule has 0 N–H and O–H groups in total. The van der Waals surface area contributed by atoms with Gasteiger partial charge in [0.25, 0.3) is 0 Å². The highest BCUT2D eigenvalue weighted by Gasteiger charge is 2.37. The Morgan fingerprint density at radius 2 is 2.29 bits per heavy atom. The zero-order valence-corrected chi connectivity index (χ0v) is 10.8. The number of methoxy groups -OCH3 is 1. The van der Waals surface area contributed by atoms with E-state index in [2.05, 4.69) is 25.2 Å². The molecule has 0 spiro atoms. The maximum Gasteiger partial charge on any atom is 0.341 e. The van der Waals surface area contributed by atoms with Gasteiger partial charge in [0.15, 0.2) is 5.78 Å². The van der Waals surface area contributed by atoms with Crippen molar-refractivity contribution >= 4 is 11.8 Å². The first kappa shape index (κ1) is 13.7. The second-order valence-electron chi connectivity index (χ2n) is 5.06. The number of hydrogen-bond acceptors (Lipinski definition) is 3. The summed E-state index contributed by atoms with van der Waals surface area (Å²) < 4.78 is 4.63. The summed E-state index contributed by atoms with van der Waals surface area (Å²) in [5.74, 6) is -0.364. The molecule has 1 aliphatic rings. The van der Waals surface area contributed by atoms with Gasteiger partial charge in [0.05, 0.1) is 12.7 Å². The van der Waals surface area contributed by atoms with Crippen molar-refractivity contribution in [3.8, 4) is 0 Å². The molecule has 0 saturated carbocycles. The highest BCUT2D eigenvalue weighted by molar-refractivity contribution is 6.17. The topological polar surface area (TPSA) is 43.4 Å². The van der Waals surface area contributed by atoms with Crippen molar-refractivity contribution in [2.24, 2.45) is 11.3 Å². The molecule has 17 heavy (non-hydrogen) atoms. The number of rotatable bonds is 4. The van der Waals surface area contributed by atoms with E-state index >= 15 is 0 Å². The van der Waals surface area contributed by atoms with E-state index in [1.54, 1.807) is 6.08 Å². The molecule has 0 fully saturated rings. The summed E-state index contributed by atoms with van der Waals surface area (Å²) in [6.07, 6.45) is 5.86. The van der Waals surface area contributed by atoms with E-state index in [0.29, 0.717) is 6.42 Å². The van der Waals surface area contributed by atoms with E-state index in [-0.39, 0.29) is 22.7 Å². The number of allylic oxidation sites excluding steroid dienone is 2. The summed E-state index contributed by atoms with van der Waals surface area (Å²) in [6, 6.07) is 0. The fourth-order valence-electron chi connectivity index (χ4n) is 2.24. The van der Waals surface area contributed by atoms with Crippen molar-refractivity contribution in [1.82, 2.24) is 0 Å². The van der Waals surface area contributed by atoms with Gasteiger partial charge in [-0.05, 0) is 24.2 Å². The van der Waals surface area contributed by atoms with Gasteiger partial charge >= 0.3 is 5.97 Å². The molecule has 0 aromatic heterocycles. The van der Waals surface area contributed by atoms with Crippen LogP contribution in [0.25, 0.3) is 0 Å². The minimum atomic E-state index is -0.523. The summed E-state index contributed by atoms with van der Waals surface area (Å²) in [5, 5.41) is 0. The van der Waals surface area contributed by atoms with Crippen molar-refractivity contribution in [3.05, 3.63) is 24.3 Å². The van der Waals surface area contributed by atoms with E-state index in [0.717, 1.165) is 12.8 Å². The first-order chi connectivity index (χ1) is 7.92. The van der Waals surface area contributed by atoms with Crippen LogP contribution in [-0.2, 0) is 14.3 Å². The monoisotopic (exact) mass is 236 g/mol. The number of carbonyl (C=O) groups excluding carboxylic acids is 2. The average molecular weight is 236 g/mol. The summed E-state index contributed by atoms with van der Waals surface area (Å²) in [6.45, 7) is 7.80. The molecule has 0 radical (unpaired) electrons. The SMILES string of the molecule is C=CCCC1CC(=O)C(C(=O)OC)=CC1(C)C. The third kappa shape index (κ3) is 3.05. The van der Waals surface area contributed by atoms with Crippen LogP contribution in [0, 0.1) is 11.3 Å². The predicted molar refractivity (Wildman–Crippen MR) is 66.4 cm³/mol. The van der Waals surface area contributed by atoms with Gasteiger partial charge in [-0.2, -0.15) is 0 Å². The number of hydrogen-bond donors (Lipinski definition) is 0. The highest BCUT2D eigenvalue weighted by Crippen LogP contribution is 2.40. The van der Waals surface area contributed by atoms with Crippen molar-refractivity contribution in [1.29, 1.82) is 0 Å². The number of ketones is 1. The zero-order valence-electron chi connectivity index (χ0n) is 10.8. The van der Waals surface area contributed by atoms with E-state index in [9.17, 15) is 9.59 Å². The number of Topliss-reactive ketones (excluding diaryl/α,β-unsaturated/α-hetero) is 1. The molecular formula is C14H20O3. The summed E-state index contributed by atoms with van der Waals surface area (Å²) in [7, 11) is 1.30. The Labute approximate surface area is 103 Å². The standard InChI is InChI=1S/C14H20O3/c1-5-6-7-10-8-12(15)11(13(16)17-4)9-14(10,2)3/h5,9-10H,1,6-8H2,2-4H3. The molecule has 0 amide bonds. The molecule has 94 valence electrons. The first-order valence-electron chi connectivity index (χ1n) is 5.87. The lowest BCUT2D eigenvalue weighted by Crippen LogP contribution is -2.33. The van der Waals surface area contributed by atoms with Gasteiger partial charge in [-0.15, -0.1) is 6.58 Å². The molecule has 0 saturated heterocycles. The maximum atomic E-state index is 11.9. The Kier molecular flexibility index (Phi) is 4.27. The fourth-order valence-corrected chi connectivity index (χ4v) is 2.24. The number of esters is 1. The zero-order chi connectivity index (χ0) is 13.1. The Morgan fingerprint density at radius 1 is 1.65 bits per heavy atom. The van der Waals surface area contributed by atoms with Crippen molar-refractivity contribution in [2.75, 3.05) is 7.11 Å². The normalized spacial score (nSPS) is 22.9. The van der Waals surface area contributed by atoms with Crippen LogP contribution in [0.2, 0.25) is 0 Å². The van der Waals surface area contributed by atoms with Crippen LogP contribution in [0.3, 0.4) is 0 Å². The van der Waals surface area contributed by atoms with E-state index < -0.39 is 5.97 Å². The molecule has 1 atom stereocenters. The van der Waals surface area contributed by atoms with Crippen LogP contribution in [0.15, 0.2) is 24.3 Å². The summed E-state index contributed by atoms with van der Waals surface area (Å²) in [4.78, 5) is 23.3. The predicted octanol–water partition coefficient (Wildman–Crippen LogP) is 2.67. The van der Waals surface area contributed by atoms with Crippen LogP contribution in [-0.4, -0.2) is 18.9 Å². The molecule has 3 nitrogen and oxygen atoms in total. The number of ether oxygens (including phenoxy) is 1. The highest BCUT2D eigenvalue weighted by atomic mass is 16.5. The van der Waals surface area contributed by atoms with Crippen LogP contribution in [0.5, 0.6) is 0 Å². The van der Waals surface area contributed by atoms with Crippen molar-refractivity contribution in [3.63, 3.8) is 0 Å². The Hall–Kier alpha value is -1.38. The minimum Gasteiger partial charge on any atom is -0.465 e. The van der Waals surface area contributed by atoms with Crippen LogP contribution < -0.4 is 0 Å². The summed E-state index contributed by atoms with van der Waals surface area (Å²) in [5.41, 5.74) is 0.0489. The Morgan fingerprint density at radius 3 is 2.82 bits per heavy atom. The molecule has 0 bridgehead atoms. The lowest BCUT2D eigenvalue weighted by Gasteiger charge is -2.35. The molecule has 3 heteroatoms. The molecule has 1 rings (SSSR count). The minimum absolute atomic E-state index is 0.106. The fraction of sp³-hybridized carbons (Fsp3) is 0.571. The van der Waals surface area contributed by atoms with Gasteiger partial charge in [0.2, 0.25) is 0 Å². The van der Waals surface area contributed by atoms with Gasteiger partial charge in [0.1, 0.15) is 0 Å². The molecule has 0 aliphatic heterocycles. The second kappa shape index (κ2) is 5.30. The van der Waals surface area contributed by atoms with Crippen LogP contribution in [0.4, 0.5) is 0 Å². The maximum absolute atomic E-state index is 11.9. The third-order valence-corrected chi connectivity index (χ3v) is 3.43. The largest absolute Gasteiger partial charge is 0.465 e. The smallest absolute Gasteiger partial charge is 0.341 e. The molecule has 1 aliphatic carbocycles. The van der Waals surface area contributed by atoms with Crippen molar-refractivity contribution < 1.29 is 14.3 Å². The van der Waals surface area contributed by atoms with Gasteiger partial charge < -0.3 is 4.74 Å². The van der Waals surface area contributed by atoms with Crippen LogP contribution >= 0.6 is 0 Å². The second-order valence-corrected chi connectivity index (χ2v) is 5.06. The van der Waals surface area contributed by atoms with E-state index in [1.165, 1.54) is 7.11 Å². The first-order valence-corrected chi connectivity index (χ1v) is 5.87. The van der Waals surface area contributed by atoms with E-state index in [4.69, 9.17) is 0 Å². The lowest BCUT2D eigenvalue weighted by atomic mass is 9.68. The molecule has 0 aromatic carbocycles. The van der Waals surface area contributed by atoms with Gasteiger partial charge in [-0.3, -0.25) is 4.79 Å².